The first-order valence-corrected chi connectivity index (χ1v) is 12.4. The molecule has 0 radical (unpaired) electrons. The Kier molecular flexibility index (Phi) is 9.43. The number of ether oxygens (including phenoxy) is 5. The molecule has 0 unspecified atom stereocenters. The van der Waals surface area contributed by atoms with Crippen molar-refractivity contribution in [2.45, 2.75) is 54.8 Å². The third-order valence-electron chi connectivity index (χ3n) is 6.74. The molecule has 2 fully saturated rings. The summed E-state index contributed by atoms with van der Waals surface area (Å²) in [7, 11) is 0. The molecule has 0 saturated carbocycles. The molecule has 2 aliphatic heterocycles. The Morgan fingerprint density at radius 1 is 0.756 bits per heavy atom. The van der Waals surface area contributed by atoms with Crippen LogP contribution in [-0.2, 0) is 23.7 Å². The fourth-order valence-corrected chi connectivity index (χ4v) is 4.54. The zero-order valence-electron chi connectivity index (χ0n) is 21.3. The molecule has 0 bridgehead atoms. The van der Waals surface area contributed by atoms with Gasteiger partial charge in [-0.1, -0.05) is 24.3 Å². The van der Waals surface area contributed by atoms with Gasteiger partial charge < -0.3 is 64.5 Å². The Labute approximate surface area is 232 Å². The summed E-state index contributed by atoms with van der Waals surface area (Å²) in [4.78, 5) is 25.7. The van der Waals surface area contributed by atoms with Crippen molar-refractivity contribution in [3.05, 3.63) is 59.7 Å². The average molecular weight is 583 g/mol. The number of carbonyl (C=O) groups is 2. The van der Waals surface area contributed by atoms with Crippen LogP contribution in [0.3, 0.4) is 0 Å². The highest BCUT2D eigenvalue weighted by atomic mass is 16.8. The Hall–Kier alpha value is -3.38. The molecule has 2 saturated heterocycles. The number of aliphatic hydroxyl groups is 6. The summed E-state index contributed by atoms with van der Waals surface area (Å²) in [6.07, 6.45) is -14.3. The van der Waals surface area contributed by atoms with Gasteiger partial charge in [0.25, 0.3) is 0 Å². The van der Waals surface area contributed by atoms with Crippen molar-refractivity contribution in [3.63, 3.8) is 0 Å². The molecule has 0 amide bonds. The van der Waals surface area contributed by atoms with Crippen molar-refractivity contribution in [2.24, 2.45) is 0 Å². The summed E-state index contributed by atoms with van der Waals surface area (Å²) >= 11 is 0. The van der Waals surface area contributed by atoms with Gasteiger partial charge in [0.1, 0.15) is 59.8 Å². The molecule has 2 aromatic carbocycles. The number of para-hydroxylation sites is 2. The molecule has 15 heteroatoms. The molecular weight excluding hydrogens is 552 g/mol. The second-order valence-corrected chi connectivity index (χ2v) is 9.35. The highest BCUT2D eigenvalue weighted by Gasteiger charge is 2.61. The number of hydrogen-bond donors (Lipinski definition) is 8. The van der Waals surface area contributed by atoms with E-state index in [9.17, 15) is 50.4 Å². The summed E-state index contributed by atoms with van der Waals surface area (Å²) in [5, 5.41) is 81.8. The van der Waals surface area contributed by atoms with E-state index < -0.39 is 98.1 Å². The summed E-state index contributed by atoms with van der Waals surface area (Å²) < 4.78 is 27.5. The van der Waals surface area contributed by atoms with Crippen molar-refractivity contribution in [1.29, 1.82) is 0 Å². The van der Waals surface area contributed by atoms with Gasteiger partial charge in [-0.05, 0) is 24.3 Å². The highest BCUT2D eigenvalue weighted by molar-refractivity contribution is 5.93. The Morgan fingerprint density at radius 2 is 1.29 bits per heavy atom. The molecule has 0 aromatic heterocycles. The van der Waals surface area contributed by atoms with Crippen LogP contribution in [0.25, 0.3) is 0 Å². The minimum Gasteiger partial charge on any atom is -0.507 e. The van der Waals surface area contributed by atoms with Gasteiger partial charge in [0.2, 0.25) is 12.1 Å². The van der Waals surface area contributed by atoms with E-state index in [1.54, 1.807) is 0 Å². The first-order chi connectivity index (χ1) is 19.6. The molecule has 15 nitrogen and oxygen atoms in total. The van der Waals surface area contributed by atoms with Crippen molar-refractivity contribution >= 4 is 11.9 Å². The smallest absolute Gasteiger partial charge is 0.342 e. The van der Waals surface area contributed by atoms with Crippen LogP contribution in [0.1, 0.15) is 20.7 Å². The molecular formula is C26H30O15. The number of carbonyl (C=O) groups excluding carboxylic acids is 2. The van der Waals surface area contributed by atoms with Crippen LogP contribution < -0.4 is 0 Å². The number of hydrogen-bond acceptors (Lipinski definition) is 15. The van der Waals surface area contributed by atoms with E-state index >= 15 is 0 Å². The maximum Gasteiger partial charge on any atom is 0.342 e. The van der Waals surface area contributed by atoms with E-state index in [0.717, 1.165) is 0 Å². The lowest BCUT2D eigenvalue weighted by Crippen LogP contribution is -2.64. The van der Waals surface area contributed by atoms with E-state index in [4.69, 9.17) is 23.7 Å². The van der Waals surface area contributed by atoms with Gasteiger partial charge in [-0.2, -0.15) is 0 Å². The van der Waals surface area contributed by atoms with E-state index in [1.807, 2.05) is 0 Å². The molecule has 2 heterocycles. The average Bonchev–Trinajstić information content (AvgIpc) is 3.23. The number of phenols is 2. The third-order valence-corrected chi connectivity index (χ3v) is 6.74. The highest BCUT2D eigenvalue weighted by Crippen LogP contribution is 2.39. The number of rotatable bonds is 9. The summed E-state index contributed by atoms with van der Waals surface area (Å²) in [5.41, 5.74) is -0.641. The van der Waals surface area contributed by atoms with Gasteiger partial charge in [-0.15, -0.1) is 0 Å². The van der Waals surface area contributed by atoms with E-state index in [-0.39, 0.29) is 11.1 Å². The van der Waals surface area contributed by atoms with E-state index in [1.165, 1.54) is 48.5 Å². The molecule has 2 aliphatic rings. The third kappa shape index (κ3) is 5.99. The second-order valence-electron chi connectivity index (χ2n) is 9.35. The SMILES string of the molecule is O=C(O[C@H]1[C@@H](O[C@]2(CO)O[C@H](CO)[C@@H](O)[C@@H]2OC(=O)c2ccccc2O)O[C@H](CO)[C@@H](O)[C@@H]1O)c1ccccc1O. The lowest BCUT2D eigenvalue weighted by molar-refractivity contribution is -0.382. The second kappa shape index (κ2) is 12.6. The lowest BCUT2D eigenvalue weighted by atomic mass is 9.98. The number of aliphatic hydroxyl groups excluding tert-OH is 6. The maximum absolute atomic E-state index is 12.9. The molecule has 8 N–H and O–H groups in total. The van der Waals surface area contributed by atoms with Crippen LogP contribution in [0.15, 0.2) is 48.5 Å². The Morgan fingerprint density at radius 3 is 1.80 bits per heavy atom. The predicted octanol–water partition coefficient (Wildman–Crippen LogP) is -2.25. The van der Waals surface area contributed by atoms with Crippen LogP contribution in [0.2, 0.25) is 0 Å². The molecule has 4 rings (SSSR count). The number of benzene rings is 2. The monoisotopic (exact) mass is 582 g/mol. The van der Waals surface area contributed by atoms with Gasteiger partial charge in [0.15, 0.2) is 12.2 Å². The molecule has 41 heavy (non-hydrogen) atoms. The van der Waals surface area contributed by atoms with E-state index in [0.29, 0.717) is 0 Å². The molecule has 2 aromatic rings. The molecule has 224 valence electrons. The summed E-state index contributed by atoms with van der Waals surface area (Å²) in [6, 6.07) is 10.5. The Bertz CT molecular complexity index is 1220. The van der Waals surface area contributed by atoms with Crippen LogP contribution >= 0.6 is 0 Å². The van der Waals surface area contributed by atoms with Crippen LogP contribution in [0.5, 0.6) is 11.5 Å². The van der Waals surface area contributed by atoms with Gasteiger partial charge in [-0.25, -0.2) is 9.59 Å². The topological polar surface area (TPSA) is 242 Å². The largest absolute Gasteiger partial charge is 0.507 e. The first-order valence-electron chi connectivity index (χ1n) is 12.4. The fourth-order valence-electron chi connectivity index (χ4n) is 4.54. The fraction of sp³-hybridized carbons (Fsp3) is 0.462. The molecule has 0 aliphatic carbocycles. The summed E-state index contributed by atoms with van der Waals surface area (Å²) in [6.45, 7) is -2.85. The number of esters is 2. The lowest BCUT2D eigenvalue weighted by Gasteiger charge is -2.44. The number of phenolic OH excluding ortho intramolecular Hbond substituents is 2. The summed E-state index contributed by atoms with van der Waals surface area (Å²) in [5.74, 6) is -5.81. The van der Waals surface area contributed by atoms with Gasteiger partial charge in [0, 0.05) is 0 Å². The zero-order chi connectivity index (χ0) is 29.9. The van der Waals surface area contributed by atoms with Crippen LogP contribution in [0, 0.1) is 0 Å². The minimum absolute atomic E-state index is 0.318. The number of aromatic hydroxyl groups is 2. The Balaban J connectivity index is 1.67. The zero-order valence-corrected chi connectivity index (χ0v) is 21.3. The normalized spacial score (nSPS) is 33.3. The maximum atomic E-state index is 12.9. The van der Waals surface area contributed by atoms with Gasteiger partial charge in [-0.3, -0.25) is 0 Å². The molecule has 0 spiro atoms. The minimum atomic E-state index is -2.53. The first kappa shape index (κ1) is 30.6. The standard InChI is InChI=1S/C26H30O15/c27-9-16-18(32)20(34)21(38-23(35)12-5-1-3-7-14(12)30)25(37-16)41-26(11-29)22(19(33)17(10-28)40-26)39-24(36)13-6-2-4-8-15(13)31/h1-8,16-22,25,27-34H,9-11H2/t16-,17-,18-,19-,20+,21-,22+,25-,26+/m1/s1. The van der Waals surface area contributed by atoms with Gasteiger partial charge >= 0.3 is 11.9 Å². The van der Waals surface area contributed by atoms with E-state index in [2.05, 4.69) is 0 Å². The predicted molar refractivity (Wildman–Crippen MR) is 131 cm³/mol. The van der Waals surface area contributed by atoms with Gasteiger partial charge in [0.05, 0.1) is 13.2 Å². The van der Waals surface area contributed by atoms with Crippen molar-refractivity contribution < 1.29 is 74.1 Å². The molecule has 9 atom stereocenters. The van der Waals surface area contributed by atoms with Crippen molar-refractivity contribution in [2.75, 3.05) is 19.8 Å². The van der Waals surface area contributed by atoms with Crippen molar-refractivity contribution in [1.82, 2.24) is 0 Å². The quantitative estimate of drug-likeness (QED) is 0.146. The van der Waals surface area contributed by atoms with Crippen molar-refractivity contribution in [3.8, 4) is 11.5 Å². The van der Waals surface area contributed by atoms with Crippen LogP contribution in [-0.4, -0.2) is 127 Å². The van der Waals surface area contributed by atoms with Crippen LogP contribution in [0.4, 0.5) is 0 Å².